The van der Waals surface area contributed by atoms with E-state index in [1.54, 1.807) is 0 Å². The second-order valence-electron chi connectivity index (χ2n) is 10.8. The Morgan fingerprint density at radius 3 is 2.17 bits per heavy atom. The molecule has 1 aliphatic carbocycles. The molecule has 2 aromatic heterocycles. The molecule has 0 atom stereocenters. The molecule has 1 fully saturated rings. The predicted molar refractivity (Wildman–Crippen MR) is 147 cm³/mol. The molecule has 5 rings (SSSR count). The van der Waals surface area contributed by atoms with Crippen LogP contribution in [0.1, 0.15) is 54.0 Å². The van der Waals surface area contributed by atoms with Crippen molar-refractivity contribution in [3.8, 4) is 0 Å². The van der Waals surface area contributed by atoms with Crippen LogP contribution in [0.4, 0.5) is 38.1 Å². The van der Waals surface area contributed by atoms with Crippen LogP contribution in [0.3, 0.4) is 0 Å². The monoisotopic (exact) mass is 591 g/mol. The van der Waals surface area contributed by atoms with Gasteiger partial charge in [0.2, 0.25) is 0 Å². The number of hydrogen-bond donors (Lipinski definition) is 0. The highest BCUT2D eigenvalue weighted by molar-refractivity contribution is 5.84. The van der Waals surface area contributed by atoms with Crippen LogP contribution in [0.25, 0.3) is 10.9 Å². The first-order valence-electron chi connectivity index (χ1n) is 13.7. The third-order valence-electron chi connectivity index (χ3n) is 7.65. The largest absolute Gasteiger partial charge is 0.416 e. The number of aromatic nitrogens is 5. The second-order valence-corrected chi connectivity index (χ2v) is 10.8. The summed E-state index contributed by atoms with van der Waals surface area (Å²) in [4.78, 5) is 9.96. The van der Waals surface area contributed by atoms with Gasteiger partial charge in [0.1, 0.15) is 5.82 Å². The average molecular weight is 592 g/mol. The van der Waals surface area contributed by atoms with Crippen molar-refractivity contribution >= 4 is 22.7 Å². The molecule has 42 heavy (non-hydrogen) atoms. The van der Waals surface area contributed by atoms with E-state index in [1.165, 1.54) is 23.2 Å². The molecule has 224 valence electrons. The summed E-state index contributed by atoms with van der Waals surface area (Å²) in [5.74, 6) is 1.33. The zero-order valence-electron chi connectivity index (χ0n) is 23.5. The highest BCUT2D eigenvalue weighted by atomic mass is 19.4. The molecule has 0 amide bonds. The van der Waals surface area contributed by atoms with Gasteiger partial charge in [-0.15, -0.1) is 5.10 Å². The molecule has 1 saturated carbocycles. The summed E-state index contributed by atoms with van der Waals surface area (Å²) in [6.45, 7) is 5.26. The Balaban J connectivity index is 1.60. The van der Waals surface area contributed by atoms with Gasteiger partial charge in [0.15, 0.2) is 0 Å². The predicted octanol–water partition coefficient (Wildman–Crippen LogP) is 6.94. The van der Waals surface area contributed by atoms with E-state index in [2.05, 4.69) is 20.3 Å². The van der Waals surface area contributed by atoms with Crippen LogP contribution in [0.15, 0.2) is 42.5 Å². The van der Waals surface area contributed by atoms with Crippen LogP contribution in [0.2, 0.25) is 0 Å². The fraction of sp³-hybridized carbons (Fsp3) is 0.448. The van der Waals surface area contributed by atoms with Gasteiger partial charge in [0, 0.05) is 37.1 Å². The highest BCUT2D eigenvalue weighted by Gasteiger charge is 2.37. The minimum atomic E-state index is -4.96. The van der Waals surface area contributed by atoms with Crippen molar-refractivity contribution in [3.05, 3.63) is 70.3 Å². The lowest BCUT2D eigenvalue weighted by atomic mass is 9.85. The van der Waals surface area contributed by atoms with Gasteiger partial charge in [-0.3, -0.25) is 0 Å². The number of hydrogen-bond acceptors (Lipinski definition) is 6. The van der Waals surface area contributed by atoms with Crippen molar-refractivity contribution < 1.29 is 26.3 Å². The van der Waals surface area contributed by atoms with E-state index in [9.17, 15) is 26.3 Å². The van der Waals surface area contributed by atoms with E-state index in [0.717, 1.165) is 59.4 Å². The first kappa shape index (κ1) is 29.6. The summed E-state index contributed by atoms with van der Waals surface area (Å²) < 4.78 is 81.7. The smallest absolute Gasteiger partial charge is 0.356 e. The highest BCUT2D eigenvalue weighted by Crippen LogP contribution is 2.37. The third kappa shape index (κ3) is 6.44. The van der Waals surface area contributed by atoms with Crippen LogP contribution in [0.5, 0.6) is 0 Å². The number of para-hydroxylation sites is 1. The van der Waals surface area contributed by atoms with Gasteiger partial charge < -0.3 is 9.80 Å². The van der Waals surface area contributed by atoms with Crippen molar-refractivity contribution in [1.29, 1.82) is 0 Å². The maximum atomic E-state index is 13.6. The maximum absolute atomic E-state index is 13.6. The maximum Gasteiger partial charge on any atom is 0.416 e. The molecular weight excluding hydrogens is 560 g/mol. The number of tetrazole rings is 1. The van der Waals surface area contributed by atoms with Crippen LogP contribution in [-0.2, 0) is 32.5 Å². The molecule has 13 heteroatoms. The molecule has 1 aliphatic rings. The Hall–Kier alpha value is -3.90. The van der Waals surface area contributed by atoms with Crippen molar-refractivity contribution in [2.45, 2.75) is 58.6 Å². The van der Waals surface area contributed by atoms with Gasteiger partial charge in [-0.2, -0.15) is 31.1 Å². The fourth-order valence-corrected chi connectivity index (χ4v) is 5.26. The summed E-state index contributed by atoms with van der Waals surface area (Å²) in [6.07, 6.45) is -6.47. The fourth-order valence-electron chi connectivity index (χ4n) is 5.26. The number of anilines is 2. The first-order chi connectivity index (χ1) is 19.8. The van der Waals surface area contributed by atoms with Crippen molar-refractivity contribution in [1.82, 2.24) is 25.2 Å². The Kier molecular flexibility index (Phi) is 8.04. The molecule has 4 aromatic rings. The van der Waals surface area contributed by atoms with Crippen molar-refractivity contribution in [3.63, 3.8) is 0 Å². The van der Waals surface area contributed by atoms with Gasteiger partial charge in [0.25, 0.3) is 5.95 Å². The molecule has 0 unspecified atom stereocenters. The number of fused-ring (bicyclic) bond motifs is 1. The van der Waals surface area contributed by atoms with Crippen LogP contribution >= 0.6 is 0 Å². The summed E-state index contributed by atoms with van der Waals surface area (Å²) >= 11 is 0. The van der Waals surface area contributed by atoms with Gasteiger partial charge >= 0.3 is 12.4 Å². The van der Waals surface area contributed by atoms with Gasteiger partial charge in [-0.25, -0.2) is 4.98 Å². The summed E-state index contributed by atoms with van der Waals surface area (Å²) in [5, 5.41) is 13.0. The molecule has 2 aromatic carbocycles. The van der Waals surface area contributed by atoms with Gasteiger partial charge in [-0.05, 0) is 73.2 Å². The molecule has 0 aliphatic heterocycles. The van der Waals surface area contributed by atoms with Gasteiger partial charge in [0.05, 0.1) is 23.7 Å². The van der Waals surface area contributed by atoms with E-state index in [4.69, 9.17) is 4.98 Å². The van der Waals surface area contributed by atoms with Crippen LogP contribution in [0, 0.1) is 12.8 Å². The number of aryl methyl sites for hydroxylation is 2. The van der Waals surface area contributed by atoms with Crippen LogP contribution in [-0.4, -0.2) is 38.3 Å². The zero-order valence-corrected chi connectivity index (χ0v) is 23.5. The molecule has 0 spiro atoms. The second kappa shape index (κ2) is 11.4. The SMILES string of the molecule is CCN(CC1CCC1)c1nc2c(C)cccc2cc1CN(Cc1cc(C(F)(F)F)cc(C(F)(F)F)c1)c1nnn(C)n1. The summed E-state index contributed by atoms with van der Waals surface area (Å²) in [6, 6.07) is 9.39. The molecule has 7 nitrogen and oxygen atoms in total. The standard InChI is InChI=1S/C29H31F6N7/c1-4-41(15-19-8-6-9-19)26-22(13-21-10-5-7-18(2)25(21)36-26)17-42(27-37-39-40(3)38-27)16-20-11-23(28(30,31)32)14-24(12-20)29(33,34)35/h5,7,10-14,19H,4,6,8-9,15-17H2,1-3H3. The van der Waals surface area contributed by atoms with E-state index < -0.39 is 23.5 Å². The minimum absolute atomic E-state index is 0.0702. The number of rotatable bonds is 9. The molecule has 0 radical (unpaired) electrons. The normalized spacial score (nSPS) is 14.3. The van der Waals surface area contributed by atoms with E-state index >= 15 is 0 Å². The number of pyridine rings is 1. The lowest BCUT2D eigenvalue weighted by Crippen LogP contribution is -2.34. The molecular formula is C29H31F6N7. The average Bonchev–Trinajstić information content (AvgIpc) is 3.33. The molecule has 0 N–H and O–H groups in total. The van der Waals surface area contributed by atoms with Crippen molar-refractivity contribution in [2.24, 2.45) is 13.0 Å². The Morgan fingerprint density at radius 1 is 0.929 bits per heavy atom. The zero-order chi connectivity index (χ0) is 30.2. The Morgan fingerprint density at radius 2 is 1.62 bits per heavy atom. The van der Waals surface area contributed by atoms with E-state index in [-0.39, 0.29) is 30.7 Å². The van der Waals surface area contributed by atoms with Crippen molar-refractivity contribution in [2.75, 3.05) is 22.9 Å². The number of alkyl halides is 6. The molecule has 0 saturated heterocycles. The van der Waals surface area contributed by atoms with Gasteiger partial charge in [-0.1, -0.05) is 29.7 Å². The van der Waals surface area contributed by atoms with Crippen LogP contribution < -0.4 is 9.80 Å². The summed E-state index contributed by atoms with van der Waals surface area (Å²) in [5.41, 5.74) is -0.347. The molecule has 2 heterocycles. The number of nitrogens with zero attached hydrogens (tertiary/aromatic N) is 7. The lowest BCUT2D eigenvalue weighted by Gasteiger charge is -2.34. The minimum Gasteiger partial charge on any atom is -0.356 e. The topological polar surface area (TPSA) is 63.0 Å². The number of halogens is 6. The third-order valence-corrected chi connectivity index (χ3v) is 7.65. The Labute approximate surface area is 239 Å². The number of benzene rings is 2. The first-order valence-corrected chi connectivity index (χ1v) is 13.7. The Bertz CT molecular complexity index is 1530. The summed E-state index contributed by atoms with van der Waals surface area (Å²) in [7, 11) is 1.53. The van der Waals surface area contributed by atoms with E-state index in [1.807, 2.05) is 38.1 Å². The molecule has 0 bridgehead atoms. The quantitative estimate of drug-likeness (QED) is 0.197. The van der Waals surface area contributed by atoms with E-state index in [0.29, 0.717) is 12.5 Å². The lowest BCUT2D eigenvalue weighted by molar-refractivity contribution is -0.143.